The van der Waals surface area contributed by atoms with Crippen LogP contribution in [-0.4, -0.2) is 34.7 Å². The van der Waals surface area contributed by atoms with Gasteiger partial charge in [0, 0.05) is 25.2 Å². The van der Waals surface area contributed by atoms with Crippen molar-refractivity contribution in [2.75, 3.05) is 19.0 Å². The molecule has 2 heterocycles. The van der Waals surface area contributed by atoms with Crippen LogP contribution in [0, 0.1) is 6.92 Å². The number of aryl methyl sites for hydroxylation is 1. The number of pyridine rings is 2. The number of nitrogens with zero attached hydrogens (tertiary/aromatic N) is 3. The summed E-state index contributed by atoms with van der Waals surface area (Å²) in [6.45, 7) is 1.48. The molecule has 1 aromatic carbocycles. The lowest BCUT2D eigenvalue weighted by atomic mass is 10.1. The third kappa shape index (κ3) is 2.49. The molecule has 2 aromatic heterocycles. The van der Waals surface area contributed by atoms with Crippen LogP contribution in [0.5, 0.6) is 0 Å². The Morgan fingerprint density at radius 3 is 2.54 bits per heavy atom. The van der Waals surface area contributed by atoms with Crippen molar-refractivity contribution in [3.05, 3.63) is 45.2 Å². The van der Waals surface area contributed by atoms with E-state index in [9.17, 15) is 14.7 Å². The first-order valence-corrected chi connectivity index (χ1v) is 7.70. The van der Waals surface area contributed by atoms with Gasteiger partial charge in [0.15, 0.2) is 5.43 Å². The minimum absolute atomic E-state index is 0.186. The van der Waals surface area contributed by atoms with E-state index in [4.69, 9.17) is 11.6 Å². The molecule has 3 rings (SSSR count). The fourth-order valence-electron chi connectivity index (χ4n) is 2.90. The number of halogens is 1. The molecule has 0 aliphatic carbocycles. The van der Waals surface area contributed by atoms with Crippen molar-refractivity contribution < 1.29 is 9.90 Å². The van der Waals surface area contributed by atoms with Gasteiger partial charge in [0.25, 0.3) is 0 Å². The van der Waals surface area contributed by atoms with Crippen LogP contribution in [0.3, 0.4) is 0 Å². The first kappa shape index (κ1) is 16.3. The van der Waals surface area contributed by atoms with Gasteiger partial charge in [-0.2, -0.15) is 0 Å². The Labute approximate surface area is 142 Å². The number of anilines is 1. The molecule has 24 heavy (non-hydrogen) atoms. The van der Waals surface area contributed by atoms with Crippen molar-refractivity contribution in [1.82, 2.24) is 9.55 Å². The molecule has 0 fully saturated rings. The van der Waals surface area contributed by atoms with E-state index in [1.165, 1.54) is 0 Å². The summed E-state index contributed by atoms with van der Waals surface area (Å²) >= 11 is 6.32. The summed E-state index contributed by atoms with van der Waals surface area (Å²) in [7, 11) is 3.59. The zero-order valence-corrected chi connectivity index (χ0v) is 14.3. The minimum Gasteiger partial charge on any atom is -0.480 e. The van der Waals surface area contributed by atoms with Crippen LogP contribution in [0.1, 0.15) is 5.69 Å². The number of carboxylic acid groups (broad SMARTS) is 1. The van der Waals surface area contributed by atoms with Crippen molar-refractivity contribution in [1.29, 1.82) is 0 Å². The third-order valence-corrected chi connectivity index (χ3v) is 4.18. The number of carbonyl (C=O) groups is 1. The summed E-state index contributed by atoms with van der Waals surface area (Å²) in [5.41, 5.74) is 1.94. The second-order valence-corrected chi connectivity index (χ2v) is 6.23. The van der Waals surface area contributed by atoms with Gasteiger partial charge >= 0.3 is 5.97 Å². The molecule has 7 heteroatoms. The smallest absolute Gasteiger partial charge is 0.323 e. The molecule has 0 aliphatic heterocycles. The monoisotopic (exact) mass is 345 g/mol. The topological polar surface area (TPSA) is 75.4 Å². The van der Waals surface area contributed by atoms with Crippen LogP contribution in [0.15, 0.2) is 29.1 Å². The maximum atomic E-state index is 12.9. The van der Waals surface area contributed by atoms with Gasteiger partial charge in [-0.25, -0.2) is 4.98 Å². The maximum Gasteiger partial charge on any atom is 0.323 e. The van der Waals surface area contributed by atoms with Gasteiger partial charge in [-0.3, -0.25) is 9.59 Å². The molecule has 124 valence electrons. The highest BCUT2D eigenvalue weighted by atomic mass is 35.5. The normalized spacial score (nSPS) is 11.2. The van der Waals surface area contributed by atoms with E-state index in [2.05, 4.69) is 4.98 Å². The number of aliphatic carboxylic acids is 1. The van der Waals surface area contributed by atoms with Crippen LogP contribution < -0.4 is 10.3 Å². The molecule has 0 aliphatic rings. The molecule has 0 atom stereocenters. The van der Waals surface area contributed by atoms with Crippen molar-refractivity contribution in [2.45, 2.75) is 13.5 Å². The van der Waals surface area contributed by atoms with E-state index in [0.29, 0.717) is 38.3 Å². The predicted octanol–water partition coefficient (Wildman–Crippen LogP) is 2.66. The van der Waals surface area contributed by atoms with Crippen LogP contribution in [0.25, 0.3) is 21.9 Å². The van der Waals surface area contributed by atoms with Crippen molar-refractivity contribution in [3.8, 4) is 0 Å². The van der Waals surface area contributed by atoms with Gasteiger partial charge < -0.3 is 14.6 Å². The molecular formula is C17H16ClN3O3. The van der Waals surface area contributed by atoms with Crippen LogP contribution >= 0.6 is 11.6 Å². The highest BCUT2D eigenvalue weighted by Gasteiger charge is 2.19. The molecule has 0 saturated heterocycles. The van der Waals surface area contributed by atoms with Gasteiger partial charge in [-0.05, 0) is 31.2 Å². The number of hydrogen-bond donors (Lipinski definition) is 1. The zero-order chi connectivity index (χ0) is 17.6. The van der Waals surface area contributed by atoms with Crippen LogP contribution in [0.4, 0.5) is 5.69 Å². The average Bonchev–Trinajstić information content (AvgIpc) is 2.50. The van der Waals surface area contributed by atoms with Crippen molar-refractivity contribution in [3.63, 3.8) is 0 Å². The number of aromatic nitrogens is 2. The molecule has 3 aromatic rings. The standard InChI is InChI=1S/C17H16ClN3O3/c1-9-4-5-11-16(24)10-6-7-12(18)15(20(2)3)14(10)21(8-13(22)23)17(11)19-9/h4-7H,8H2,1-3H3,(H,22,23). The first-order chi connectivity index (χ1) is 11.3. The summed E-state index contributed by atoms with van der Waals surface area (Å²) in [6, 6.07) is 6.70. The number of carboxylic acids is 1. The van der Waals surface area contributed by atoms with Crippen LogP contribution in [0.2, 0.25) is 5.02 Å². The van der Waals surface area contributed by atoms with Crippen LogP contribution in [-0.2, 0) is 11.3 Å². The Morgan fingerprint density at radius 2 is 1.92 bits per heavy atom. The lowest BCUT2D eigenvalue weighted by Crippen LogP contribution is -2.20. The van der Waals surface area contributed by atoms with E-state index < -0.39 is 5.97 Å². The molecule has 0 spiro atoms. The SMILES string of the molecule is Cc1ccc2c(=O)c3ccc(Cl)c(N(C)C)c3n(CC(=O)O)c2n1. The molecule has 1 N–H and O–H groups in total. The zero-order valence-electron chi connectivity index (χ0n) is 13.5. The van der Waals surface area contributed by atoms with Gasteiger partial charge in [-0.15, -0.1) is 0 Å². The van der Waals surface area contributed by atoms with E-state index in [1.54, 1.807) is 54.8 Å². The second-order valence-electron chi connectivity index (χ2n) is 5.82. The van der Waals surface area contributed by atoms with Gasteiger partial charge in [0.2, 0.25) is 0 Å². The molecule has 0 bridgehead atoms. The van der Waals surface area contributed by atoms with E-state index in [1.807, 2.05) is 0 Å². The Hall–Kier alpha value is -2.60. The van der Waals surface area contributed by atoms with Gasteiger partial charge in [0.05, 0.1) is 21.6 Å². The van der Waals surface area contributed by atoms with E-state index in [-0.39, 0.29) is 12.0 Å². The highest BCUT2D eigenvalue weighted by Crippen LogP contribution is 2.33. The fraction of sp³-hybridized carbons (Fsp3) is 0.235. The highest BCUT2D eigenvalue weighted by molar-refractivity contribution is 6.35. The number of hydrogen-bond acceptors (Lipinski definition) is 4. The third-order valence-electron chi connectivity index (χ3n) is 3.87. The Morgan fingerprint density at radius 1 is 1.25 bits per heavy atom. The predicted molar refractivity (Wildman–Crippen MR) is 95.2 cm³/mol. The van der Waals surface area contributed by atoms with E-state index in [0.717, 1.165) is 0 Å². The minimum atomic E-state index is -1.02. The lowest BCUT2D eigenvalue weighted by molar-refractivity contribution is -0.137. The number of benzene rings is 1. The number of fused-ring (bicyclic) bond motifs is 2. The largest absolute Gasteiger partial charge is 0.480 e. The Balaban J connectivity index is 2.65. The lowest BCUT2D eigenvalue weighted by Gasteiger charge is -2.21. The first-order valence-electron chi connectivity index (χ1n) is 7.32. The summed E-state index contributed by atoms with van der Waals surface area (Å²) in [4.78, 5) is 30.5. The Bertz CT molecular complexity index is 1040. The Kier molecular flexibility index (Phi) is 3.93. The summed E-state index contributed by atoms with van der Waals surface area (Å²) in [5, 5.41) is 10.6. The average molecular weight is 346 g/mol. The molecule has 6 nitrogen and oxygen atoms in total. The van der Waals surface area contributed by atoms with Crippen molar-refractivity contribution in [2.24, 2.45) is 0 Å². The summed E-state index contributed by atoms with van der Waals surface area (Å²) in [5.74, 6) is -1.02. The molecule has 0 saturated carbocycles. The molecule has 0 radical (unpaired) electrons. The van der Waals surface area contributed by atoms with E-state index >= 15 is 0 Å². The molecule has 0 unspecified atom stereocenters. The molecule has 0 amide bonds. The quantitative estimate of drug-likeness (QED) is 0.739. The second kappa shape index (κ2) is 5.79. The summed E-state index contributed by atoms with van der Waals surface area (Å²) in [6.07, 6.45) is 0. The fourth-order valence-corrected chi connectivity index (χ4v) is 3.22. The molecular weight excluding hydrogens is 330 g/mol. The van der Waals surface area contributed by atoms with Gasteiger partial charge in [-0.1, -0.05) is 11.6 Å². The summed E-state index contributed by atoms with van der Waals surface area (Å²) < 4.78 is 1.54. The maximum absolute atomic E-state index is 12.9. The van der Waals surface area contributed by atoms with Crippen molar-refractivity contribution >= 4 is 45.2 Å². The van der Waals surface area contributed by atoms with Gasteiger partial charge in [0.1, 0.15) is 12.2 Å². The number of rotatable bonds is 3.